The van der Waals surface area contributed by atoms with E-state index in [4.69, 9.17) is 0 Å². The van der Waals surface area contributed by atoms with Crippen molar-refractivity contribution in [1.82, 2.24) is 4.31 Å². The molecule has 0 aliphatic carbocycles. The third-order valence-electron chi connectivity index (χ3n) is 6.61. The number of amides is 1. The molecule has 2 heterocycles. The molecular weight excluding hydrogens is 498 g/mol. The third-order valence-corrected chi connectivity index (χ3v) is 10.4. The normalized spacial score (nSPS) is 18.2. The maximum absolute atomic E-state index is 13.5. The summed E-state index contributed by atoms with van der Waals surface area (Å²) in [7, 11) is -7.42. The Morgan fingerprint density at radius 2 is 1.53 bits per heavy atom. The van der Waals surface area contributed by atoms with Crippen LogP contribution in [0.25, 0.3) is 0 Å². The maximum Gasteiger partial charge on any atom is 0.264 e. The number of benzene rings is 3. The first kappa shape index (κ1) is 24.5. The molecule has 2 aliphatic heterocycles. The average molecular weight is 526 g/mol. The van der Waals surface area contributed by atoms with Gasteiger partial charge in [0.2, 0.25) is 10.0 Å². The summed E-state index contributed by atoms with van der Waals surface area (Å²) < 4.78 is 55.3. The van der Waals surface area contributed by atoms with Crippen molar-refractivity contribution in [3.63, 3.8) is 0 Å². The van der Waals surface area contributed by atoms with Gasteiger partial charge in [-0.25, -0.2) is 16.8 Å². The van der Waals surface area contributed by atoms with E-state index in [1.807, 2.05) is 25.1 Å². The smallest absolute Gasteiger partial charge is 0.264 e. The molecule has 1 N–H and O–H groups in total. The summed E-state index contributed by atoms with van der Waals surface area (Å²) in [6.07, 6.45) is 2.33. The number of carbonyl (C=O) groups is 1. The molecule has 0 bridgehead atoms. The van der Waals surface area contributed by atoms with Crippen LogP contribution in [-0.2, 0) is 26.5 Å². The van der Waals surface area contributed by atoms with E-state index in [1.165, 1.54) is 45.0 Å². The van der Waals surface area contributed by atoms with E-state index in [1.54, 1.807) is 18.2 Å². The van der Waals surface area contributed by atoms with Crippen LogP contribution in [0.4, 0.5) is 11.4 Å². The zero-order valence-electron chi connectivity index (χ0n) is 19.8. The Morgan fingerprint density at radius 3 is 2.25 bits per heavy atom. The molecule has 1 amide bonds. The van der Waals surface area contributed by atoms with Crippen LogP contribution in [-0.4, -0.2) is 46.2 Å². The Labute approximate surface area is 211 Å². The van der Waals surface area contributed by atoms with Gasteiger partial charge in [0.15, 0.2) is 0 Å². The van der Waals surface area contributed by atoms with Gasteiger partial charge in [-0.15, -0.1) is 0 Å². The number of sulfonamides is 2. The molecule has 3 aromatic rings. The van der Waals surface area contributed by atoms with Gasteiger partial charge in [-0.3, -0.25) is 9.10 Å². The minimum absolute atomic E-state index is 0.0331. The van der Waals surface area contributed by atoms with Gasteiger partial charge in [0.25, 0.3) is 15.9 Å². The Hall–Kier alpha value is -3.21. The molecule has 0 unspecified atom stereocenters. The van der Waals surface area contributed by atoms with E-state index in [-0.39, 0.29) is 21.4 Å². The molecule has 188 valence electrons. The van der Waals surface area contributed by atoms with Gasteiger partial charge in [0, 0.05) is 30.4 Å². The lowest BCUT2D eigenvalue weighted by Gasteiger charge is -2.24. The molecule has 1 atom stereocenters. The van der Waals surface area contributed by atoms with Crippen LogP contribution in [0.5, 0.6) is 0 Å². The lowest BCUT2D eigenvalue weighted by Crippen LogP contribution is -2.35. The van der Waals surface area contributed by atoms with Crippen molar-refractivity contribution in [3.05, 3.63) is 83.9 Å². The van der Waals surface area contributed by atoms with E-state index in [9.17, 15) is 21.6 Å². The Kier molecular flexibility index (Phi) is 6.36. The number of hydrogen-bond donors (Lipinski definition) is 1. The first-order chi connectivity index (χ1) is 17.2. The summed E-state index contributed by atoms with van der Waals surface area (Å²) >= 11 is 0. The van der Waals surface area contributed by atoms with Gasteiger partial charge in [0.05, 0.1) is 15.5 Å². The van der Waals surface area contributed by atoms with Gasteiger partial charge in [-0.05, 0) is 80.3 Å². The fraction of sp³-hybridized carbons (Fsp3) is 0.269. The molecule has 0 spiro atoms. The molecule has 1 saturated heterocycles. The molecule has 5 rings (SSSR count). The van der Waals surface area contributed by atoms with Crippen molar-refractivity contribution in [2.75, 3.05) is 22.7 Å². The number of nitrogens with zero attached hydrogens (tertiary/aromatic N) is 2. The number of carbonyl (C=O) groups excluding carboxylic acids is 1. The lowest BCUT2D eigenvalue weighted by molar-refractivity contribution is 0.102. The molecule has 0 saturated carbocycles. The van der Waals surface area contributed by atoms with Crippen molar-refractivity contribution in [1.29, 1.82) is 0 Å². The van der Waals surface area contributed by atoms with E-state index in [0.717, 1.165) is 18.4 Å². The summed E-state index contributed by atoms with van der Waals surface area (Å²) in [5, 5.41) is 2.72. The van der Waals surface area contributed by atoms with Crippen molar-refractivity contribution < 1.29 is 21.6 Å². The van der Waals surface area contributed by atoms with Crippen LogP contribution < -0.4 is 9.62 Å². The fourth-order valence-corrected chi connectivity index (χ4v) is 8.06. The van der Waals surface area contributed by atoms with Gasteiger partial charge < -0.3 is 5.32 Å². The standard InChI is InChI=1S/C26H27N3O5S2/c1-19-17-20-7-2-3-10-25(20)29(19)36(33,34)24-9-6-8-21(18-24)26(30)27-22-11-13-23(14-12-22)35(31,32)28-15-4-5-16-28/h2-3,6-14,18-19H,4-5,15-17H2,1H3,(H,27,30)/t19-/m1/s1. The number of nitrogens with one attached hydrogen (secondary N) is 1. The summed E-state index contributed by atoms with van der Waals surface area (Å²) in [6, 6.07) is 19.1. The Bertz CT molecular complexity index is 1510. The molecule has 2 aliphatic rings. The SMILES string of the molecule is C[C@@H]1Cc2ccccc2N1S(=O)(=O)c1cccc(C(=O)Nc2ccc(S(=O)(=O)N3CCCC3)cc2)c1. The zero-order chi connectivity index (χ0) is 25.5. The maximum atomic E-state index is 13.5. The third kappa shape index (κ3) is 4.40. The summed E-state index contributed by atoms with van der Waals surface area (Å²) in [5.74, 6) is -0.489. The minimum atomic E-state index is -3.88. The first-order valence-electron chi connectivity index (χ1n) is 11.8. The van der Waals surface area contributed by atoms with Crippen molar-refractivity contribution >= 4 is 37.3 Å². The van der Waals surface area contributed by atoms with E-state index < -0.39 is 26.0 Å². The van der Waals surface area contributed by atoms with Crippen LogP contribution in [0.1, 0.15) is 35.7 Å². The van der Waals surface area contributed by atoms with E-state index in [2.05, 4.69) is 5.32 Å². The van der Waals surface area contributed by atoms with Gasteiger partial charge in [-0.1, -0.05) is 24.3 Å². The van der Waals surface area contributed by atoms with Crippen LogP contribution in [0.15, 0.2) is 82.6 Å². The molecule has 0 radical (unpaired) electrons. The number of para-hydroxylation sites is 1. The van der Waals surface area contributed by atoms with Gasteiger partial charge >= 0.3 is 0 Å². The van der Waals surface area contributed by atoms with Crippen LogP contribution >= 0.6 is 0 Å². The highest BCUT2D eigenvalue weighted by Crippen LogP contribution is 2.36. The summed E-state index contributed by atoms with van der Waals surface area (Å²) in [6.45, 7) is 2.89. The van der Waals surface area contributed by atoms with E-state index in [0.29, 0.717) is 30.9 Å². The van der Waals surface area contributed by atoms with Crippen molar-refractivity contribution in [3.8, 4) is 0 Å². The molecule has 8 nitrogen and oxygen atoms in total. The highest BCUT2D eigenvalue weighted by atomic mass is 32.2. The highest BCUT2D eigenvalue weighted by molar-refractivity contribution is 7.93. The van der Waals surface area contributed by atoms with Gasteiger partial charge in [0.1, 0.15) is 0 Å². The summed E-state index contributed by atoms with van der Waals surface area (Å²) in [5.41, 5.74) is 2.22. The lowest BCUT2D eigenvalue weighted by atomic mass is 10.1. The van der Waals surface area contributed by atoms with Crippen molar-refractivity contribution in [2.24, 2.45) is 0 Å². The monoisotopic (exact) mass is 525 g/mol. The van der Waals surface area contributed by atoms with Crippen molar-refractivity contribution in [2.45, 2.75) is 42.0 Å². The minimum Gasteiger partial charge on any atom is -0.322 e. The van der Waals surface area contributed by atoms with E-state index >= 15 is 0 Å². The number of fused-ring (bicyclic) bond motifs is 1. The summed E-state index contributed by atoms with van der Waals surface area (Å²) in [4.78, 5) is 13.1. The number of rotatable bonds is 6. The number of hydrogen-bond acceptors (Lipinski definition) is 5. The van der Waals surface area contributed by atoms with Gasteiger partial charge in [-0.2, -0.15) is 4.31 Å². The second kappa shape index (κ2) is 9.34. The second-order valence-corrected chi connectivity index (χ2v) is 12.9. The molecule has 10 heteroatoms. The Morgan fingerprint density at radius 1 is 0.833 bits per heavy atom. The van der Waals surface area contributed by atoms with Crippen LogP contribution in [0, 0.1) is 0 Å². The number of anilines is 2. The molecular formula is C26H27N3O5S2. The largest absolute Gasteiger partial charge is 0.322 e. The predicted molar refractivity (Wildman–Crippen MR) is 138 cm³/mol. The fourth-order valence-electron chi connectivity index (χ4n) is 4.81. The Balaban J connectivity index is 1.35. The molecule has 3 aromatic carbocycles. The van der Waals surface area contributed by atoms with Crippen LogP contribution in [0.2, 0.25) is 0 Å². The predicted octanol–water partition coefficient (Wildman–Crippen LogP) is 3.86. The molecule has 1 fully saturated rings. The first-order valence-corrected chi connectivity index (χ1v) is 14.7. The topological polar surface area (TPSA) is 104 Å². The molecule has 36 heavy (non-hydrogen) atoms. The van der Waals surface area contributed by atoms with Crippen LogP contribution in [0.3, 0.4) is 0 Å². The molecule has 0 aromatic heterocycles. The highest BCUT2D eigenvalue weighted by Gasteiger charge is 2.36. The zero-order valence-corrected chi connectivity index (χ0v) is 21.4. The average Bonchev–Trinajstić information content (AvgIpc) is 3.52. The quantitative estimate of drug-likeness (QED) is 0.526. The second-order valence-electron chi connectivity index (χ2n) is 9.10.